The zero-order valence-electron chi connectivity index (χ0n) is 17.4. The molecule has 2 fully saturated rings. The fourth-order valence-electron chi connectivity index (χ4n) is 3.84. The highest BCUT2D eigenvalue weighted by atomic mass is 19.4. The lowest BCUT2D eigenvalue weighted by atomic mass is 9.80. The quantitative estimate of drug-likeness (QED) is 0.556. The van der Waals surface area contributed by atoms with Gasteiger partial charge in [0.1, 0.15) is 18.0 Å². The number of ether oxygens (including phenoxy) is 2. The van der Waals surface area contributed by atoms with Gasteiger partial charge in [-0.1, -0.05) is 6.07 Å². The molecular formula is C21H22F4N4O4. The fourth-order valence-corrected chi connectivity index (χ4v) is 3.84. The van der Waals surface area contributed by atoms with Crippen LogP contribution < -0.4 is 10.6 Å². The average Bonchev–Trinajstić information content (AvgIpc) is 3.41. The first kappa shape index (κ1) is 23.0. The summed E-state index contributed by atoms with van der Waals surface area (Å²) in [6.45, 7) is 0.118. The Hall–Kier alpha value is -3.15. The predicted octanol–water partition coefficient (Wildman–Crippen LogP) is 3.86. The number of anilines is 1. The molecule has 2 aromatic rings. The van der Waals surface area contributed by atoms with E-state index in [4.69, 9.17) is 9.47 Å². The Balaban J connectivity index is 1.22. The zero-order valence-corrected chi connectivity index (χ0v) is 17.4. The standard InChI is InChI=1S/C21H22F4N4O4/c22-13-4-3-11(15(8-13)21(23,24)25)10-26-20(31)33-14-6-12(7-14)16-9-18(29-28-16)27-19(30)17-2-1-5-32-17/h3-4,8-9,12,14,17H,1-2,5-7,10H2,(H,26,31)(H2,27,28,29,30). The van der Waals surface area contributed by atoms with Crippen LogP contribution in [0.2, 0.25) is 0 Å². The maximum absolute atomic E-state index is 13.2. The molecule has 1 saturated carbocycles. The highest BCUT2D eigenvalue weighted by Gasteiger charge is 2.36. The van der Waals surface area contributed by atoms with Crippen molar-refractivity contribution in [1.82, 2.24) is 15.5 Å². The van der Waals surface area contributed by atoms with Crippen molar-refractivity contribution in [3.8, 4) is 0 Å². The molecule has 1 atom stereocenters. The molecule has 0 radical (unpaired) electrons. The van der Waals surface area contributed by atoms with Crippen molar-refractivity contribution in [2.75, 3.05) is 11.9 Å². The van der Waals surface area contributed by atoms with Crippen LogP contribution in [0.3, 0.4) is 0 Å². The van der Waals surface area contributed by atoms with Crippen LogP contribution in [0.1, 0.15) is 48.4 Å². The van der Waals surface area contributed by atoms with Gasteiger partial charge in [0.15, 0.2) is 5.82 Å². The molecule has 3 N–H and O–H groups in total. The van der Waals surface area contributed by atoms with Gasteiger partial charge in [-0.15, -0.1) is 0 Å². The summed E-state index contributed by atoms with van der Waals surface area (Å²) in [7, 11) is 0. The number of alkyl carbamates (subject to hydrolysis) is 1. The van der Waals surface area contributed by atoms with Gasteiger partial charge in [-0.25, -0.2) is 9.18 Å². The summed E-state index contributed by atoms with van der Waals surface area (Å²) < 4.78 is 62.8. The molecule has 8 nitrogen and oxygen atoms in total. The topological polar surface area (TPSA) is 105 Å². The number of amides is 2. The molecule has 178 valence electrons. The molecular weight excluding hydrogens is 448 g/mol. The van der Waals surface area contributed by atoms with E-state index in [-0.39, 0.29) is 17.4 Å². The second kappa shape index (κ2) is 9.38. The molecule has 4 rings (SSSR count). The number of carbonyl (C=O) groups is 2. The van der Waals surface area contributed by atoms with E-state index in [0.717, 1.165) is 24.2 Å². The number of alkyl halides is 3. The Morgan fingerprint density at radius 3 is 2.73 bits per heavy atom. The first-order valence-electron chi connectivity index (χ1n) is 10.5. The van der Waals surface area contributed by atoms with E-state index in [1.165, 1.54) is 0 Å². The summed E-state index contributed by atoms with van der Waals surface area (Å²) in [5, 5.41) is 11.9. The van der Waals surface area contributed by atoms with Gasteiger partial charge in [-0.2, -0.15) is 18.3 Å². The molecule has 0 spiro atoms. The molecule has 2 amide bonds. The second-order valence-corrected chi connectivity index (χ2v) is 8.05. The molecule has 1 unspecified atom stereocenters. The van der Waals surface area contributed by atoms with Crippen LogP contribution >= 0.6 is 0 Å². The number of rotatable bonds is 6. The molecule has 1 aromatic heterocycles. The van der Waals surface area contributed by atoms with Gasteiger partial charge in [0, 0.05) is 30.8 Å². The molecule has 1 aliphatic heterocycles. The molecule has 1 saturated heterocycles. The molecule has 1 aliphatic carbocycles. The Bertz CT molecular complexity index is 1010. The van der Waals surface area contributed by atoms with Crippen molar-refractivity contribution in [3.05, 3.63) is 46.9 Å². The van der Waals surface area contributed by atoms with E-state index >= 15 is 0 Å². The summed E-state index contributed by atoms with van der Waals surface area (Å²) in [5.41, 5.74) is -0.630. The second-order valence-electron chi connectivity index (χ2n) is 8.05. The Labute approximate surface area is 186 Å². The maximum Gasteiger partial charge on any atom is 0.416 e. The highest BCUT2D eigenvalue weighted by molar-refractivity contribution is 5.93. The monoisotopic (exact) mass is 470 g/mol. The van der Waals surface area contributed by atoms with Gasteiger partial charge in [0.25, 0.3) is 5.91 Å². The summed E-state index contributed by atoms with van der Waals surface area (Å²) in [4.78, 5) is 24.0. The lowest BCUT2D eigenvalue weighted by molar-refractivity contribution is -0.138. The van der Waals surface area contributed by atoms with Crippen molar-refractivity contribution >= 4 is 17.8 Å². The summed E-state index contributed by atoms with van der Waals surface area (Å²) >= 11 is 0. The van der Waals surface area contributed by atoms with Crippen LogP contribution in [0, 0.1) is 5.82 Å². The van der Waals surface area contributed by atoms with Gasteiger partial charge < -0.3 is 20.1 Å². The minimum Gasteiger partial charge on any atom is -0.446 e. The lowest BCUT2D eigenvalue weighted by Crippen LogP contribution is -2.36. The SMILES string of the molecule is O=C(NCc1ccc(F)cc1C(F)(F)F)OC1CC(c2cc(NC(=O)C3CCCO3)n[nH]2)C1. The number of H-pyrrole nitrogens is 1. The van der Waals surface area contributed by atoms with E-state index in [1.807, 2.05) is 0 Å². The van der Waals surface area contributed by atoms with Crippen LogP contribution in [-0.4, -0.2) is 41.0 Å². The highest BCUT2D eigenvalue weighted by Crippen LogP contribution is 2.38. The first-order valence-corrected chi connectivity index (χ1v) is 10.5. The minimum absolute atomic E-state index is 0.0395. The third-order valence-corrected chi connectivity index (χ3v) is 5.68. The van der Waals surface area contributed by atoms with Gasteiger partial charge in [-0.05, 0) is 43.4 Å². The van der Waals surface area contributed by atoms with E-state index in [2.05, 4.69) is 20.8 Å². The number of aromatic nitrogens is 2. The molecule has 33 heavy (non-hydrogen) atoms. The lowest BCUT2D eigenvalue weighted by Gasteiger charge is -2.33. The summed E-state index contributed by atoms with van der Waals surface area (Å²) in [5.74, 6) is -0.834. The molecule has 2 heterocycles. The first-order chi connectivity index (χ1) is 15.7. The van der Waals surface area contributed by atoms with Gasteiger partial charge in [0.05, 0.1) is 5.56 Å². The third-order valence-electron chi connectivity index (χ3n) is 5.68. The number of hydrogen-bond acceptors (Lipinski definition) is 5. The van der Waals surface area contributed by atoms with Crippen LogP contribution in [0.5, 0.6) is 0 Å². The van der Waals surface area contributed by atoms with Crippen molar-refractivity contribution < 1.29 is 36.6 Å². The number of nitrogens with one attached hydrogen (secondary N) is 3. The molecule has 12 heteroatoms. The van der Waals surface area contributed by atoms with Gasteiger partial charge in [-0.3, -0.25) is 9.89 Å². The normalized spacial score (nSPS) is 22.5. The predicted molar refractivity (Wildman–Crippen MR) is 107 cm³/mol. The Morgan fingerprint density at radius 1 is 1.24 bits per heavy atom. The van der Waals surface area contributed by atoms with Crippen molar-refractivity contribution in [2.45, 2.75) is 56.5 Å². The van der Waals surface area contributed by atoms with Gasteiger partial charge >= 0.3 is 12.3 Å². The van der Waals surface area contributed by atoms with Crippen molar-refractivity contribution in [3.63, 3.8) is 0 Å². The zero-order chi connectivity index (χ0) is 23.6. The van der Waals surface area contributed by atoms with E-state index in [1.54, 1.807) is 6.07 Å². The number of benzene rings is 1. The van der Waals surface area contributed by atoms with E-state index in [0.29, 0.717) is 37.8 Å². The summed E-state index contributed by atoms with van der Waals surface area (Å²) in [6.07, 6.45) is -3.95. The number of hydrogen-bond donors (Lipinski definition) is 3. The van der Waals surface area contributed by atoms with Crippen LogP contribution in [-0.2, 0) is 27.0 Å². The van der Waals surface area contributed by atoms with Crippen molar-refractivity contribution in [1.29, 1.82) is 0 Å². The Kier molecular flexibility index (Phi) is 6.54. The van der Waals surface area contributed by atoms with Crippen LogP contribution in [0.15, 0.2) is 24.3 Å². The number of carbonyl (C=O) groups excluding carboxylic acids is 2. The fraction of sp³-hybridized carbons (Fsp3) is 0.476. The van der Waals surface area contributed by atoms with Crippen molar-refractivity contribution in [2.24, 2.45) is 0 Å². The number of nitrogens with zero attached hydrogens (tertiary/aromatic N) is 1. The van der Waals surface area contributed by atoms with Gasteiger partial charge in [0.2, 0.25) is 0 Å². The minimum atomic E-state index is -4.74. The summed E-state index contributed by atoms with van der Waals surface area (Å²) in [6, 6.07) is 3.98. The Morgan fingerprint density at radius 2 is 2.03 bits per heavy atom. The largest absolute Gasteiger partial charge is 0.446 e. The average molecular weight is 470 g/mol. The van der Waals surface area contributed by atoms with Crippen LogP contribution in [0.25, 0.3) is 0 Å². The molecule has 0 bridgehead atoms. The van der Waals surface area contributed by atoms with Crippen LogP contribution in [0.4, 0.5) is 28.2 Å². The molecule has 2 aliphatic rings. The third kappa shape index (κ3) is 5.62. The number of halogens is 4. The molecule has 1 aromatic carbocycles. The smallest absolute Gasteiger partial charge is 0.416 e. The van der Waals surface area contributed by atoms with E-state index in [9.17, 15) is 27.2 Å². The number of aromatic amines is 1. The van der Waals surface area contributed by atoms with E-state index < -0.39 is 42.4 Å². The maximum atomic E-state index is 13.2.